The number of phenols is 3. The molecule has 7 aliphatic rings. The van der Waals surface area contributed by atoms with Crippen molar-refractivity contribution in [3.8, 4) is 85.9 Å². The standard InChI is InChI=1S/C87H93Cl2N9O36/c1-34(2)16-50(96(5)86(118)132-57-30-61(126-9)60(125-8)29-49(57)98(121)122)81(113)93-70-53(103)20-40(24-65(90)105)79(111)91-68-39-21-62(129-55-14-11-37(72(70)106)18-46(55)88)76(134-84-77(75(109)74(108)64(32-99)131-84)133-66-31-87(4,78(110)35(3)128-66)95-85(117)127-33-41-23-58(123-6)59(124-7)28-48(41)97(119)120)63(22-39)130-56-15-12-38(19-47(56)89)73(107)71-82(114)92-69(83(115)116)45-25-42(100)26-52(102)67(45)44-17-36(10-13-51(44)101)43(27-54(68)104)80(112)94-71/h10-15,17-19,21-23,25-26,28-30,34-35,40,43,50,64,66,68-75,77-78,84,99-102,106-110H,16,20,24,27,31-33H2,1-9H3,(H2,90,105)(H,91,111)(H,92,114)(H,93,113)(H,94,112)(H,95,117)(H,115,116)/t35-,40-,43+,50+,64+,66-,68+,69-,70-,71-,72+,73+,74+,75-,77+,78+,84-,87-/m0/s1. The number of halogens is 2. The summed E-state index contributed by atoms with van der Waals surface area (Å²) in [7, 11) is 5.93. The van der Waals surface area contributed by atoms with Gasteiger partial charge < -0.3 is 140 Å². The predicted molar refractivity (Wildman–Crippen MR) is 458 cm³/mol. The molecular formula is C87H93Cl2N9O36. The van der Waals surface area contributed by atoms with E-state index >= 15 is 28.8 Å². The summed E-state index contributed by atoms with van der Waals surface area (Å²) < 4.78 is 71.1. The number of carbonyl (C=O) groups is 10. The third-order valence-corrected chi connectivity index (χ3v) is 23.7. The van der Waals surface area contributed by atoms with Gasteiger partial charge in [-0.3, -0.25) is 58.7 Å². The van der Waals surface area contributed by atoms with Crippen LogP contribution in [0.15, 0.2) is 103 Å². The van der Waals surface area contributed by atoms with Gasteiger partial charge in [-0.15, -0.1) is 0 Å². The molecule has 11 bridgehead atoms. The van der Waals surface area contributed by atoms with Crippen molar-refractivity contribution in [2.75, 3.05) is 42.1 Å². The molecule has 2 fully saturated rings. The number of benzene rings is 7. The van der Waals surface area contributed by atoms with Crippen LogP contribution in [0, 0.1) is 32.1 Å². The Morgan fingerprint density at radius 1 is 0.679 bits per heavy atom. The summed E-state index contributed by atoms with van der Waals surface area (Å²) in [4.78, 5) is 173. The number of ether oxygens (including phenoxy) is 12. The maximum Gasteiger partial charge on any atom is 0.415 e. The molecule has 0 aliphatic carbocycles. The van der Waals surface area contributed by atoms with E-state index in [9.17, 15) is 90.5 Å². The van der Waals surface area contributed by atoms with Gasteiger partial charge in [0, 0.05) is 61.6 Å². The molecule has 14 rings (SSSR count). The molecule has 7 aromatic rings. The summed E-state index contributed by atoms with van der Waals surface area (Å²) in [5.74, 6) is -22.7. The van der Waals surface area contributed by atoms with E-state index < -0.39 is 318 Å². The molecule has 0 unspecified atom stereocenters. The van der Waals surface area contributed by atoms with E-state index in [1.807, 2.05) is 0 Å². The van der Waals surface area contributed by atoms with Gasteiger partial charge in [0.1, 0.15) is 96.1 Å². The first-order valence-corrected chi connectivity index (χ1v) is 41.8. The van der Waals surface area contributed by atoms with Crippen molar-refractivity contribution in [2.24, 2.45) is 17.6 Å². The van der Waals surface area contributed by atoms with Gasteiger partial charge in [0.2, 0.25) is 47.3 Å². The van der Waals surface area contributed by atoms with Gasteiger partial charge >= 0.3 is 23.8 Å². The monoisotopic (exact) mass is 1910 g/mol. The maximum atomic E-state index is 16.5. The lowest BCUT2D eigenvalue weighted by molar-refractivity contribution is -0.386. The number of carboxylic acids is 1. The number of primary amides is 1. The molecule has 0 radical (unpaired) electrons. The Morgan fingerprint density at radius 3 is 1.86 bits per heavy atom. The minimum absolute atomic E-state index is 0.0288. The summed E-state index contributed by atoms with van der Waals surface area (Å²) >= 11 is 14.4. The molecule has 0 spiro atoms. The fraction of sp³-hybridized carbons (Fsp3) is 0.402. The van der Waals surface area contributed by atoms with Crippen LogP contribution in [0.3, 0.4) is 0 Å². The van der Waals surface area contributed by atoms with Crippen molar-refractivity contribution in [3.05, 3.63) is 167 Å². The number of hydrogen-bond donors (Lipinski definition) is 16. The van der Waals surface area contributed by atoms with Crippen LogP contribution in [-0.2, 0) is 63.9 Å². The lowest BCUT2D eigenvalue weighted by Gasteiger charge is -2.48. The van der Waals surface area contributed by atoms with E-state index in [1.165, 1.54) is 48.4 Å². The molecule has 134 heavy (non-hydrogen) atoms. The number of carboxylic acid groups (broad SMARTS) is 1. The van der Waals surface area contributed by atoms with Crippen LogP contribution in [0.1, 0.15) is 123 Å². The highest BCUT2D eigenvalue weighted by molar-refractivity contribution is 6.32. The second kappa shape index (κ2) is 41.2. The molecule has 7 amide bonds. The highest BCUT2D eigenvalue weighted by Crippen LogP contribution is 2.52. The molecule has 716 valence electrons. The second-order valence-corrected chi connectivity index (χ2v) is 33.4. The number of amides is 7. The zero-order chi connectivity index (χ0) is 97.8. The number of nitrogens with zero attached hydrogens (tertiary/aromatic N) is 3. The summed E-state index contributed by atoms with van der Waals surface area (Å²) in [5.41, 5.74) is -0.734. The van der Waals surface area contributed by atoms with Crippen LogP contribution in [0.4, 0.5) is 21.0 Å². The molecule has 45 nitrogen and oxygen atoms in total. The lowest BCUT2D eigenvalue weighted by atomic mass is 9.84. The molecule has 18 atom stereocenters. The van der Waals surface area contributed by atoms with Crippen molar-refractivity contribution in [2.45, 2.75) is 169 Å². The van der Waals surface area contributed by atoms with Gasteiger partial charge in [-0.25, -0.2) is 14.4 Å². The minimum atomic E-state index is -2.39. The Morgan fingerprint density at radius 2 is 1.28 bits per heavy atom. The van der Waals surface area contributed by atoms with Crippen molar-refractivity contribution in [1.29, 1.82) is 0 Å². The van der Waals surface area contributed by atoms with E-state index in [-0.39, 0.29) is 51.7 Å². The number of methoxy groups -OCH3 is 4. The van der Waals surface area contributed by atoms with Crippen LogP contribution < -0.4 is 70.2 Å². The molecule has 7 aliphatic heterocycles. The Kier molecular flexibility index (Phi) is 30.5. The lowest BCUT2D eigenvalue weighted by Crippen LogP contribution is -2.66. The Hall–Kier alpha value is -13.7. The number of aliphatic hydroxyl groups excluding tert-OH is 6. The van der Waals surface area contributed by atoms with Crippen molar-refractivity contribution < 1.29 is 166 Å². The van der Waals surface area contributed by atoms with Crippen LogP contribution in [0.2, 0.25) is 10.0 Å². The maximum absolute atomic E-state index is 16.5. The normalized spacial score (nSPS) is 24.9. The number of nitrogens with one attached hydrogen (secondary N) is 5. The average molecular weight is 1910 g/mol. The Labute approximate surface area is 769 Å². The predicted octanol–water partition coefficient (Wildman–Crippen LogP) is 5.81. The quantitative estimate of drug-likeness (QED) is 0.0265. The number of nitrogens with two attached hydrogens (primary N) is 1. The van der Waals surface area contributed by atoms with Gasteiger partial charge in [0.15, 0.2) is 64.5 Å². The molecule has 0 aromatic heterocycles. The first kappa shape index (κ1) is 99.3. The van der Waals surface area contributed by atoms with Crippen LogP contribution in [-0.4, -0.2) is 240 Å². The topological polar surface area (TPSA) is 659 Å². The molecule has 47 heteroatoms. The summed E-state index contributed by atoms with van der Waals surface area (Å²) in [6.07, 6.45) is -27.1. The fourth-order valence-corrected chi connectivity index (χ4v) is 16.6. The van der Waals surface area contributed by atoms with Crippen molar-refractivity contribution >= 4 is 93.8 Å². The second-order valence-electron chi connectivity index (χ2n) is 32.6. The van der Waals surface area contributed by atoms with Gasteiger partial charge in [0.25, 0.3) is 5.69 Å². The zero-order valence-corrected chi connectivity index (χ0v) is 73.9. The number of ketones is 2. The zero-order valence-electron chi connectivity index (χ0n) is 72.4. The number of nitro groups is 2. The van der Waals surface area contributed by atoms with E-state index in [2.05, 4.69) is 26.6 Å². The first-order chi connectivity index (χ1) is 63.4. The highest BCUT2D eigenvalue weighted by Gasteiger charge is 2.53. The molecule has 2 saturated heterocycles. The van der Waals surface area contributed by atoms with E-state index in [4.69, 9.17) is 85.8 Å². The number of aromatic hydroxyl groups is 3. The number of Topliss-reactive ketones (excluding diaryl/α,β-unsaturated/α-hetero) is 2. The van der Waals surface area contributed by atoms with Crippen LogP contribution in [0.25, 0.3) is 11.1 Å². The van der Waals surface area contributed by atoms with E-state index in [1.54, 1.807) is 13.8 Å². The number of aliphatic carboxylic acids is 1. The summed E-state index contributed by atoms with van der Waals surface area (Å²) in [6.45, 7) is 4.04. The van der Waals surface area contributed by atoms with Crippen molar-refractivity contribution in [1.82, 2.24) is 31.5 Å². The minimum Gasteiger partial charge on any atom is -0.508 e. The number of carbonyl (C=O) groups excluding carboxylic acids is 9. The number of likely N-dealkylation sites (N-methyl/N-ethyl adjacent to an activating group) is 1. The SMILES string of the molecule is COc1cc(COC(=O)N[C@@]2(C)C[C@H](O[C@H]3[C@H](Oc4c5cc6cc4Oc4ccc(cc4Cl)[C@@H](O)[C@@H](NC(=O)[C@@H](CC(C)C)N(C)C(=O)Oc4cc(OC)c(OC)cc4[N+](=O)[O-])C(=O)C[C@@H](CC(N)=O)C(=O)N[C@H]6C(=O)C[C@H]4C(=O)N[C@H](C(=O)N[C@H](C(=O)O)c6cc(O)cc(O)c6-c6cc4ccc6O)[C@H](O)c4ccc(c(Cl)c4)O5)O[C@H](CO)[C@@H](O)[C@@H]3O)O[C@@H](C)[C@H]2O)c([N+](=O)[O-])cc1OC. The van der Waals surface area contributed by atoms with Gasteiger partial charge in [-0.05, 0) is 109 Å². The molecule has 7 heterocycles. The molecule has 0 saturated carbocycles. The number of nitro benzene ring substituents is 2. The number of rotatable bonds is 23. The van der Waals surface area contributed by atoms with E-state index in [0.29, 0.717) is 0 Å². The third kappa shape index (κ3) is 21.3. The molecule has 7 aromatic carbocycles. The Bertz CT molecular complexity index is 5790. The highest BCUT2D eigenvalue weighted by atomic mass is 35.5. The number of aliphatic hydroxyl groups is 6. The van der Waals surface area contributed by atoms with Crippen LogP contribution in [0.5, 0.6) is 74.7 Å². The fourth-order valence-electron chi connectivity index (χ4n) is 16.1. The van der Waals surface area contributed by atoms with Crippen LogP contribution >= 0.6 is 23.2 Å². The smallest absolute Gasteiger partial charge is 0.415 e. The van der Waals surface area contributed by atoms with Gasteiger partial charge in [0.05, 0.1) is 96.1 Å². The number of phenolic OH excluding ortho intramolecular Hbond substituents is 3. The first-order valence-electron chi connectivity index (χ1n) is 41.0. The average Bonchev–Trinajstić information content (AvgIpc) is 0.765. The third-order valence-electron chi connectivity index (χ3n) is 23.1. The van der Waals surface area contributed by atoms with Gasteiger partial charge in [-0.2, -0.15) is 0 Å². The molecular weight excluding hydrogens is 1820 g/mol. The number of hydrogen-bond acceptors (Lipinski definition) is 35. The largest absolute Gasteiger partial charge is 0.508 e. The van der Waals surface area contributed by atoms with Gasteiger partial charge in [-0.1, -0.05) is 55.2 Å². The molecule has 17 N–H and O–H groups in total. The van der Waals surface area contributed by atoms with Crippen molar-refractivity contribution in [3.63, 3.8) is 0 Å². The number of alkyl carbamates (subject to hydrolysis) is 1. The summed E-state index contributed by atoms with van der Waals surface area (Å²) in [5, 5.41) is 153. The van der Waals surface area contributed by atoms with E-state index in [0.717, 1.165) is 109 Å². The number of fused-ring (bicyclic) bond motifs is 15. The summed E-state index contributed by atoms with van der Waals surface area (Å²) in [6, 6.07) is 5.95. The Balaban J connectivity index is 1.03.